The molecular formula is C16H19FN4O. The number of amides is 1. The fraction of sp³-hybridized carbons (Fsp3) is 0.312. The van der Waals surface area contributed by atoms with E-state index in [1.54, 1.807) is 19.2 Å². The van der Waals surface area contributed by atoms with Crippen molar-refractivity contribution in [1.82, 2.24) is 20.2 Å². The monoisotopic (exact) mass is 302 g/mol. The van der Waals surface area contributed by atoms with Gasteiger partial charge >= 0.3 is 0 Å². The van der Waals surface area contributed by atoms with Crippen LogP contribution in [0.1, 0.15) is 27.8 Å². The summed E-state index contributed by atoms with van der Waals surface area (Å²) in [5, 5.41) is 2.81. The average molecular weight is 302 g/mol. The lowest BCUT2D eigenvalue weighted by atomic mass is 10.1. The van der Waals surface area contributed by atoms with Crippen LogP contribution in [0.4, 0.5) is 4.39 Å². The van der Waals surface area contributed by atoms with Gasteiger partial charge in [0.25, 0.3) is 5.91 Å². The van der Waals surface area contributed by atoms with Crippen molar-refractivity contribution in [3.8, 4) is 0 Å². The van der Waals surface area contributed by atoms with Crippen LogP contribution >= 0.6 is 0 Å². The number of hydrogen-bond donors (Lipinski definition) is 1. The highest BCUT2D eigenvalue weighted by Crippen LogP contribution is 2.18. The molecule has 0 aliphatic heterocycles. The molecule has 1 atom stereocenters. The number of hydrogen-bond acceptors (Lipinski definition) is 4. The van der Waals surface area contributed by atoms with E-state index in [4.69, 9.17) is 0 Å². The van der Waals surface area contributed by atoms with Crippen molar-refractivity contribution < 1.29 is 9.18 Å². The number of rotatable bonds is 5. The maximum atomic E-state index is 13.4. The highest BCUT2D eigenvalue weighted by atomic mass is 19.1. The number of nitrogens with zero attached hydrogens (tertiary/aromatic N) is 3. The van der Waals surface area contributed by atoms with Crippen molar-refractivity contribution in [2.45, 2.75) is 13.0 Å². The molecule has 0 radical (unpaired) electrons. The number of halogens is 1. The van der Waals surface area contributed by atoms with Crippen LogP contribution in [0.2, 0.25) is 0 Å². The lowest BCUT2D eigenvalue weighted by molar-refractivity contribution is 0.0936. The number of nitrogens with one attached hydrogen (secondary N) is 1. The summed E-state index contributed by atoms with van der Waals surface area (Å²) in [6.07, 6.45) is 2.99. The van der Waals surface area contributed by atoms with Crippen LogP contribution in [-0.2, 0) is 0 Å². The predicted molar refractivity (Wildman–Crippen MR) is 81.9 cm³/mol. The first-order valence-electron chi connectivity index (χ1n) is 6.96. The van der Waals surface area contributed by atoms with E-state index in [2.05, 4.69) is 15.3 Å². The minimum atomic E-state index is -0.296. The lowest BCUT2D eigenvalue weighted by Crippen LogP contribution is -2.35. The fourth-order valence-electron chi connectivity index (χ4n) is 2.10. The molecule has 0 bridgehead atoms. The van der Waals surface area contributed by atoms with Crippen molar-refractivity contribution in [2.75, 3.05) is 20.6 Å². The maximum Gasteiger partial charge on any atom is 0.271 e. The maximum absolute atomic E-state index is 13.4. The summed E-state index contributed by atoms with van der Waals surface area (Å²) in [5.41, 5.74) is 1.82. The molecule has 0 unspecified atom stereocenters. The molecule has 2 rings (SSSR count). The first-order valence-corrected chi connectivity index (χ1v) is 6.96. The van der Waals surface area contributed by atoms with Gasteiger partial charge in [0.15, 0.2) is 0 Å². The van der Waals surface area contributed by atoms with Crippen LogP contribution < -0.4 is 5.32 Å². The number of carbonyl (C=O) groups excluding carboxylic acids is 1. The van der Waals surface area contributed by atoms with E-state index in [1.165, 1.54) is 18.3 Å². The van der Waals surface area contributed by atoms with E-state index < -0.39 is 0 Å². The number of carbonyl (C=O) groups is 1. The van der Waals surface area contributed by atoms with Gasteiger partial charge in [-0.25, -0.2) is 9.37 Å². The molecule has 2 aromatic rings. The number of likely N-dealkylation sites (N-methyl/N-ethyl adjacent to an activating group) is 1. The van der Waals surface area contributed by atoms with Crippen LogP contribution in [0.3, 0.4) is 0 Å². The second kappa shape index (κ2) is 7.09. The van der Waals surface area contributed by atoms with Crippen LogP contribution in [0, 0.1) is 12.7 Å². The molecule has 0 aliphatic rings. The fourth-order valence-corrected chi connectivity index (χ4v) is 2.10. The Hall–Kier alpha value is -2.34. The number of benzene rings is 1. The highest BCUT2D eigenvalue weighted by molar-refractivity contribution is 5.91. The second-order valence-corrected chi connectivity index (χ2v) is 5.29. The summed E-state index contributed by atoms with van der Waals surface area (Å²) >= 11 is 0. The summed E-state index contributed by atoms with van der Waals surface area (Å²) in [5.74, 6) is -0.587. The van der Waals surface area contributed by atoms with E-state index in [0.717, 1.165) is 11.3 Å². The Balaban J connectivity index is 2.06. The van der Waals surface area contributed by atoms with Gasteiger partial charge in [0, 0.05) is 12.7 Å². The van der Waals surface area contributed by atoms with Gasteiger partial charge in [-0.05, 0) is 38.7 Å². The first kappa shape index (κ1) is 16.0. The van der Waals surface area contributed by atoms with Crippen molar-refractivity contribution >= 4 is 5.91 Å². The highest BCUT2D eigenvalue weighted by Gasteiger charge is 2.17. The van der Waals surface area contributed by atoms with Gasteiger partial charge in [-0.2, -0.15) is 0 Å². The summed E-state index contributed by atoms with van der Waals surface area (Å²) < 4.78 is 13.4. The minimum absolute atomic E-state index is 0.127. The molecule has 0 fully saturated rings. The molecule has 0 saturated heterocycles. The molecule has 0 aliphatic carbocycles. The van der Waals surface area contributed by atoms with Crippen molar-refractivity contribution in [3.05, 3.63) is 59.4 Å². The van der Waals surface area contributed by atoms with Crippen LogP contribution in [0.25, 0.3) is 0 Å². The molecule has 0 spiro atoms. The first-order chi connectivity index (χ1) is 10.5. The SMILES string of the molecule is Cc1cnc(C(=O)NC[C@@H](c2cccc(F)c2)N(C)C)cn1. The molecule has 5 nitrogen and oxygen atoms in total. The quantitative estimate of drug-likeness (QED) is 0.917. The third kappa shape index (κ3) is 4.08. The Morgan fingerprint density at radius 3 is 2.68 bits per heavy atom. The largest absolute Gasteiger partial charge is 0.349 e. The number of aromatic nitrogens is 2. The summed E-state index contributed by atoms with van der Waals surface area (Å²) in [6.45, 7) is 2.16. The zero-order valence-electron chi connectivity index (χ0n) is 12.9. The van der Waals surface area contributed by atoms with E-state index >= 15 is 0 Å². The van der Waals surface area contributed by atoms with Crippen LogP contribution in [-0.4, -0.2) is 41.4 Å². The smallest absolute Gasteiger partial charge is 0.271 e. The molecular weight excluding hydrogens is 283 g/mol. The lowest BCUT2D eigenvalue weighted by Gasteiger charge is -2.25. The van der Waals surface area contributed by atoms with Crippen molar-refractivity contribution in [3.63, 3.8) is 0 Å². The number of aryl methyl sites for hydroxylation is 1. The summed E-state index contributed by atoms with van der Waals surface area (Å²) in [4.78, 5) is 22.1. The molecule has 1 aromatic heterocycles. The topological polar surface area (TPSA) is 58.1 Å². The van der Waals surface area contributed by atoms with Gasteiger partial charge in [0.05, 0.1) is 17.9 Å². The van der Waals surface area contributed by atoms with Gasteiger partial charge in [-0.1, -0.05) is 12.1 Å². The molecule has 116 valence electrons. The molecule has 0 saturated carbocycles. The molecule has 1 amide bonds. The Bertz CT molecular complexity index is 643. The zero-order chi connectivity index (χ0) is 16.1. The van der Waals surface area contributed by atoms with E-state index in [1.807, 2.05) is 25.1 Å². The second-order valence-electron chi connectivity index (χ2n) is 5.29. The predicted octanol–water partition coefficient (Wildman–Crippen LogP) is 1.96. The average Bonchev–Trinajstić information content (AvgIpc) is 2.47. The zero-order valence-corrected chi connectivity index (χ0v) is 12.9. The molecule has 1 N–H and O–H groups in total. The molecule has 1 heterocycles. The Labute approximate surface area is 129 Å². The molecule has 1 aromatic carbocycles. The van der Waals surface area contributed by atoms with Crippen LogP contribution in [0.15, 0.2) is 36.7 Å². The standard InChI is InChI=1S/C16H19FN4O/c1-11-8-19-14(9-18-11)16(22)20-10-15(21(2)3)12-5-4-6-13(17)7-12/h4-9,15H,10H2,1-3H3,(H,20,22)/t15-/m0/s1. The minimum Gasteiger partial charge on any atom is -0.349 e. The van der Waals surface area contributed by atoms with Gasteiger partial charge in [0.2, 0.25) is 0 Å². The summed E-state index contributed by atoms with van der Waals surface area (Å²) in [6, 6.07) is 6.25. The van der Waals surface area contributed by atoms with Crippen LogP contribution in [0.5, 0.6) is 0 Å². The van der Waals surface area contributed by atoms with E-state index in [0.29, 0.717) is 6.54 Å². The van der Waals surface area contributed by atoms with Gasteiger partial charge < -0.3 is 10.2 Å². The Kier molecular flexibility index (Phi) is 5.16. The van der Waals surface area contributed by atoms with Gasteiger partial charge in [-0.3, -0.25) is 9.78 Å². The van der Waals surface area contributed by atoms with Crippen molar-refractivity contribution in [1.29, 1.82) is 0 Å². The van der Waals surface area contributed by atoms with E-state index in [9.17, 15) is 9.18 Å². The normalized spacial score (nSPS) is 12.2. The van der Waals surface area contributed by atoms with Gasteiger partial charge in [-0.15, -0.1) is 0 Å². The molecule has 22 heavy (non-hydrogen) atoms. The third-order valence-electron chi connectivity index (χ3n) is 3.33. The Morgan fingerprint density at radius 1 is 1.32 bits per heavy atom. The summed E-state index contributed by atoms with van der Waals surface area (Å²) in [7, 11) is 3.76. The van der Waals surface area contributed by atoms with E-state index in [-0.39, 0.29) is 23.5 Å². The third-order valence-corrected chi connectivity index (χ3v) is 3.33. The molecule has 6 heteroatoms. The Morgan fingerprint density at radius 2 is 2.09 bits per heavy atom. The van der Waals surface area contributed by atoms with Crippen molar-refractivity contribution in [2.24, 2.45) is 0 Å². The van der Waals surface area contributed by atoms with Gasteiger partial charge in [0.1, 0.15) is 11.5 Å².